The summed E-state index contributed by atoms with van der Waals surface area (Å²) in [4.78, 5) is 31.4. The Morgan fingerprint density at radius 3 is 2.56 bits per heavy atom. The molecule has 2 N–H and O–H groups in total. The molecule has 0 radical (unpaired) electrons. The Labute approximate surface area is 160 Å². The largest absolute Gasteiger partial charge is 0.494 e. The van der Waals surface area contributed by atoms with Crippen LogP contribution in [0.25, 0.3) is 0 Å². The number of carbonyl (C=O) groups is 2. The number of carbonyl (C=O) groups excluding carboxylic acids is 2. The van der Waals surface area contributed by atoms with Crippen LogP contribution in [0.5, 0.6) is 5.75 Å². The van der Waals surface area contributed by atoms with E-state index in [4.69, 9.17) is 4.74 Å². The lowest BCUT2D eigenvalue weighted by Crippen LogP contribution is -2.54. The standard InChI is InChI=1S/C20H28N4O3/c1-4-27-16-7-5-15(6-8-16)21-19(26)17-10-18(25)23-20(22-17)24-11-13(2)9-14(3)12-24/h5-8,13-14,17H,4,9-12H2,1-3H3,(H,21,26)(H,22,23,25)/t13-,14-,17+/m0/s1. The van der Waals surface area contributed by atoms with Gasteiger partial charge in [-0.3, -0.25) is 14.9 Å². The minimum absolute atomic E-state index is 0.0608. The van der Waals surface area contributed by atoms with Crippen molar-refractivity contribution < 1.29 is 14.3 Å². The molecule has 3 atom stereocenters. The van der Waals surface area contributed by atoms with Crippen molar-refractivity contribution in [3.05, 3.63) is 24.3 Å². The number of ether oxygens (including phenoxy) is 1. The second-order valence-corrected chi connectivity index (χ2v) is 7.52. The molecule has 0 spiro atoms. The number of hydrogen-bond acceptors (Lipinski definition) is 5. The molecule has 3 rings (SSSR count). The van der Waals surface area contributed by atoms with E-state index in [0.717, 1.165) is 18.8 Å². The molecule has 0 aliphatic carbocycles. The fourth-order valence-corrected chi connectivity index (χ4v) is 3.75. The third-order valence-electron chi connectivity index (χ3n) is 4.81. The molecule has 0 unspecified atom stereocenters. The molecule has 0 saturated carbocycles. The molecule has 0 aromatic heterocycles. The molecule has 1 fully saturated rings. The predicted molar refractivity (Wildman–Crippen MR) is 105 cm³/mol. The molecule has 1 aromatic carbocycles. The summed E-state index contributed by atoms with van der Waals surface area (Å²) in [6, 6.07) is 6.46. The van der Waals surface area contributed by atoms with Gasteiger partial charge in [0.05, 0.1) is 13.0 Å². The number of aliphatic imine (C=N–C) groups is 1. The van der Waals surface area contributed by atoms with Gasteiger partial charge in [0.1, 0.15) is 11.8 Å². The van der Waals surface area contributed by atoms with Gasteiger partial charge < -0.3 is 15.0 Å². The van der Waals surface area contributed by atoms with Gasteiger partial charge in [0, 0.05) is 18.8 Å². The van der Waals surface area contributed by atoms with Crippen LogP contribution in [0.1, 0.15) is 33.6 Å². The minimum Gasteiger partial charge on any atom is -0.494 e. The number of benzene rings is 1. The number of nitrogens with zero attached hydrogens (tertiary/aromatic N) is 2. The Hall–Kier alpha value is -2.57. The number of guanidine groups is 1. The minimum atomic E-state index is -0.715. The summed E-state index contributed by atoms with van der Waals surface area (Å²) in [5.41, 5.74) is 0.659. The number of hydrogen-bond donors (Lipinski definition) is 2. The highest BCUT2D eigenvalue weighted by Crippen LogP contribution is 2.22. The van der Waals surface area contributed by atoms with Crippen LogP contribution in [0.15, 0.2) is 29.3 Å². The van der Waals surface area contributed by atoms with Gasteiger partial charge in [0.25, 0.3) is 0 Å². The van der Waals surface area contributed by atoms with E-state index in [1.165, 1.54) is 6.42 Å². The molecule has 0 bridgehead atoms. The van der Waals surface area contributed by atoms with Crippen molar-refractivity contribution in [1.29, 1.82) is 0 Å². The lowest BCUT2D eigenvalue weighted by atomic mass is 9.92. The molecule has 27 heavy (non-hydrogen) atoms. The number of likely N-dealkylation sites (tertiary alicyclic amines) is 1. The highest BCUT2D eigenvalue weighted by molar-refractivity contribution is 6.06. The van der Waals surface area contributed by atoms with E-state index < -0.39 is 6.04 Å². The molecule has 146 valence electrons. The average molecular weight is 372 g/mol. The normalized spacial score (nSPS) is 25.4. The molecule has 1 saturated heterocycles. The van der Waals surface area contributed by atoms with E-state index in [0.29, 0.717) is 30.1 Å². The summed E-state index contributed by atoms with van der Waals surface area (Å²) < 4.78 is 5.40. The zero-order valence-corrected chi connectivity index (χ0v) is 16.2. The van der Waals surface area contributed by atoms with Gasteiger partial charge in [0.15, 0.2) is 0 Å². The zero-order chi connectivity index (χ0) is 19.4. The molecule has 2 aliphatic rings. The van der Waals surface area contributed by atoms with Gasteiger partial charge in [-0.25, -0.2) is 4.99 Å². The van der Waals surface area contributed by atoms with E-state index in [1.54, 1.807) is 24.3 Å². The SMILES string of the molecule is CCOc1ccc(NC(=O)[C@H]2CC(=O)NC(N3C[C@@H](C)C[C@H](C)C3)=N2)cc1. The summed E-state index contributed by atoms with van der Waals surface area (Å²) in [7, 11) is 0. The van der Waals surface area contributed by atoms with Crippen LogP contribution in [-0.2, 0) is 9.59 Å². The third kappa shape index (κ3) is 4.99. The van der Waals surface area contributed by atoms with Crippen molar-refractivity contribution in [2.75, 3.05) is 25.0 Å². The van der Waals surface area contributed by atoms with Crippen molar-refractivity contribution in [2.45, 2.75) is 39.7 Å². The van der Waals surface area contributed by atoms with Gasteiger partial charge in [-0.2, -0.15) is 0 Å². The number of rotatable bonds is 4. The molecular weight excluding hydrogens is 344 g/mol. The second kappa shape index (κ2) is 8.41. The smallest absolute Gasteiger partial charge is 0.249 e. The van der Waals surface area contributed by atoms with Gasteiger partial charge in [-0.1, -0.05) is 13.8 Å². The maximum Gasteiger partial charge on any atom is 0.249 e. The first-order chi connectivity index (χ1) is 12.9. The fourth-order valence-electron chi connectivity index (χ4n) is 3.75. The summed E-state index contributed by atoms with van der Waals surface area (Å²) in [5, 5.41) is 5.68. The van der Waals surface area contributed by atoms with E-state index in [9.17, 15) is 9.59 Å². The van der Waals surface area contributed by atoms with E-state index >= 15 is 0 Å². The van der Waals surface area contributed by atoms with Crippen LogP contribution in [0.3, 0.4) is 0 Å². The number of nitrogens with one attached hydrogen (secondary N) is 2. The zero-order valence-electron chi connectivity index (χ0n) is 16.2. The summed E-state index contributed by atoms with van der Waals surface area (Å²) in [6.45, 7) is 8.60. The number of anilines is 1. The fraction of sp³-hybridized carbons (Fsp3) is 0.550. The van der Waals surface area contributed by atoms with Gasteiger partial charge in [-0.05, 0) is 49.4 Å². The van der Waals surface area contributed by atoms with Crippen LogP contribution < -0.4 is 15.4 Å². The Morgan fingerprint density at radius 2 is 1.93 bits per heavy atom. The predicted octanol–water partition coefficient (Wildman–Crippen LogP) is 2.25. The van der Waals surface area contributed by atoms with Gasteiger partial charge in [0.2, 0.25) is 17.8 Å². The molecular formula is C20H28N4O3. The second-order valence-electron chi connectivity index (χ2n) is 7.52. The quantitative estimate of drug-likeness (QED) is 0.849. The molecule has 2 amide bonds. The van der Waals surface area contributed by atoms with Crippen molar-refractivity contribution in [2.24, 2.45) is 16.8 Å². The van der Waals surface area contributed by atoms with E-state index in [1.807, 2.05) is 6.92 Å². The Balaban J connectivity index is 1.68. The highest BCUT2D eigenvalue weighted by Gasteiger charge is 2.32. The highest BCUT2D eigenvalue weighted by atomic mass is 16.5. The first-order valence-electron chi connectivity index (χ1n) is 9.61. The van der Waals surface area contributed by atoms with E-state index in [-0.39, 0.29) is 18.2 Å². The van der Waals surface area contributed by atoms with E-state index in [2.05, 4.69) is 34.4 Å². The van der Waals surface area contributed by atoms with Crippen molar-refractivity contribution in [1.82, 2.24) is 10.2 Å². The Morgan fingerprint density at radius 1 is 1.26 bits per heavy atom. The molecule has 1 aromatic rings. The first kappa shape index (κ1) is 19.2. The van der Waals surface area contributed by atoms with Crippen molar-refractivity contribution in [3.63, 3.8) is 0 Å². The Kier molecular flexibility index (Phi) is 5.98. The third-order valence-corrected chi connectivity index (χ3v) is 4.81. The van der Waals surface area contributed by atoms with Crippen LogP contribution in [0.2, 0.25) is 0 Å². The lowest BCUT2D eigenvalue weighted by molar-refractivity contribution is -0.125. The Bertz CT molecular complexity index is 706. The van der Waals surface area contributed by atoms with Crippen molar-refractivity contribution >= 4 is 23.5 Å². The first-order valence-corrected chi connectivity index (χ1v) is 9.61. The van der Waals surface area contributed by atoms with Crippen LogP contribution >= 0.6 is 0 Å². The summed E-state index contributed by atoms with van der Waals surface area (Å²) >= 11 is 0. The maximum absolute atomic E-state index is 12.6. The number of piperidine rings is 1. The molecule has 2 heterocycles. The van der Waals surface area contributed by atoms with Crippen LogP contribution in [-0.4, -0.2) is 48.4 Å². The number of amides is 2. The van der Waals surface area contributed by atoms with Crippen LogP contribution in [0.4, 0.5) is 5.69 Å². The average Bonchev–Trinajstić information content (AvgIpc) is 2.62. The maximum atomic E-state index is 12.6. The van der Waals surface area contributed by atoms with Gasteiger partial charge >= 0.3 is 0 Å². The van der Waals surface area contributed by atoms with Gasteiger partial charge in [-0.15, -0.1) is 0 Å². The molecule has 7 nitrogen and oxygen atoms in total. The van der Waals surface area contributed by atoms with Crippen molar-refractivity contribution in [3.8, 4) is 5.75 Å². The molecule has 7 heteroatoms. The topological polar surface area (TPSA) is 83.0 Å². The summed E-state index contributed by atoms with van der Waals surface area (Å²) in [5.74, 6) is 1.90. The molecule has 2 aliphatic heterocycles. The monoisotopic (exact) mass is 372 g/mol. The van der Waals surface area contributed by atoms with Crippen LogP contribution in [0, 0.1) is 11.8 Å². The summed E-state index contributed by atoms with van der Waals surface area (Å²) in [6.07, 6.45) is 1.23. The lowest BCUT2D eigenvalue weighted by Gasteiger charge is -2.38.